The average molecular weight is 297 g/mol. The van der Waals surface area contributed by atoms with Crippen molar-refractivity contribution >= 4 is 11.9 Å². The zero-order chi connectivity index (χ0) is 15.9. The lowest BCUT2D eigenvalue weighted by Crippen LogP contribution is -2.33. The van der Waals surface area contributed by atoms with Crippen LogP contribution in [-0.2, 0) is 13.1 Å². The fourth-order valence-corrected chi connectivity index (χ4v) is 1.94. The van der Waals surface area contributed by atoms with Gasteiger partial charge in [0.15, 0.2) is 0 Å². The molecular weight excluding hydrogens is 282 g/mol. The molecular formula is C16H15N3O3. The first-order valence-electron chi connectivity index (χ1n) is 6.67. The molecule has 2 rings (SSSR count). The maximum atomic E-state index is 11.9. The predicted molar refractivity (Wildman–Crippen MR) is 82.6 cm³/mol. The van der Waals surface area contributed by atoms with Crippen LogP contribution in [0.5, 0.6) is 0 Å². The predicted octanol–water partition coefficient (Wildman–Crippen LogP) is 1.95. The normalized spacial score (nSPS) is 9.95. The van der Waals surface area contributed by atoms with Crippen molar-refractivity contribution < 1.29 is 9.90 Å². The van der Waals surface area contributed by atoms with Gasteiger partial charge in [0.2, 0.25) is 0 Å². The van der Waals surface area contributed by atoms with Crippen molar-refractivity contribution in [2.75, 3.05) is 4.90 Å². The summed E-state index contributed by atoms with van der Waals surface area (Å²) < 4.78 is 1.35. The maximum Gasteiger partial charge on any atom is 0.413 e. The second-order valence-electron chi connectivity index (χ2n) is 4.57. The molecule has 0 saturated carbocycles. The number of benzene rings is 1. The first-order valence-corrected chi connectivity index (χ1v) is 6.67. The SMILES string of the molecule is C#CCCn1ccc(N(Cc2ccccc2)C(=O)O)nc1=O. The van der Waals surface area contributed by atoms with Crippen LogP contribution in [0.2, 0.25) is 0 Å². The number of amides is 1. The number of carboxylic acid groups (broad SMARTS) is 1. The molecule has 1 aromatic heterocycles. The summed E-state index contributed by atoms with van der Waals surface area (Å²) in [4.78, 5) is 28.2. The summed E-state index contributed by atoms with van der Waals surface area (Å²) in [5, 5.41) is 9.34. The van der Waals surface area contributed by atoms with Gasteiger partial charge in [-0.25, -0.2) is 9.59 Å². The third-order valence-electron chi connectivity index (χ3n) is 3.05. The minimum absolute atomic E-state index is 0.0957. The standard InChI is InChI=1S/C16H15N3O3/c1-2-3-10-18-11-9-14(17-15(18)20)19(16(21)22)12-13-7-5-4-6-8-13/h1,4-9,11H,3,10,12H2,(H,21,22). The van der Waals surface area contributed by atoms with Crippen molar-refractivity contribution in [3.8, 4) is 12.3 Å². The van der Waals surface area contributed by atoms with Gasteiger partial charge in [0.1, 0.15) is 5.82 Å². The molecule has 0 aliphatic carbocycles. The van der Waals surface area contributed by atoms with Crippen LogP contribution in [0.25, 0.3) is 0 Å². The Kier molecular flexibility index (Phi) is 4.94. The molecule has 1 aromatic carbocycles. The number of anilines is 1. The molecule has 112 valence electrons. The van der Waals surface area contributed by atoms with E-state index in [1.165, 1.54) is 16.8 Å². The van der Waals surface area contributed by atoms with E-state index >= 15 is 0 Å². The molecule has 0 fully saturated rings. The minimum atomic E-state index is -1.17. The Hall–Kier alpha value is -3.07. The summed E-state index contributed by atoms with van der Waals surface area (Å²) in [6, 6.07) is 10.6. The Morgan fingerprint density at radius 1 is 1.32 bits per heavy atom. The van der Waals surface area contributed by atoms with Crippen molar-refractivity contribution in [3.05, 3.63) is 58.6 Å². The van der Waals surface area contributed by atoms with E-state index in [1.54, 1.807) is 0 Å². The first-order chi connectivity index (χ1) is 10.6. The summed E-state index contributed by atoms with van der Waals surface area (Å²) in [6.45, 7) is 0.478. The van der Waals surface area contributed by atoms with E-state index in [4.69, 9.17) is 6.42 Å². The fraction of sp³-hybridized carbons (Fsp3) is 0.188. The number of hydrogen-bond acceptors (Lipinski definition) is 3. The number of nitrogens with zero attached hydrogens (tertiary/aromatic N) is 3. The van der Waals surface area contributed by atoms with E-state index in [0.717, 1.165) is 10.5 Å². The molecule has 1 N–H and O–H groups in total. The highest BCUT2D eigenvalue weighted by Crippen LogP contribution is 2.13. The molecule has 0 spiro atoms. The number of hydrogen-bond donors (Lipinski definition) is 1. The summed E-state index contributed by atoms with van der Waals surface area (Å²) in [5.74, 6) is 2.54. The molecule has 1 amide bonds. The quantitative estimate of drug-likeness (QED) is 0.856. The smallest absolute Gasteiger partial charge is 0.413 e. The van der Waals surface area contributed by atoms with Crippen LogP contribution in [0.4, 0.5) is 10.6 Å². The van der Waals surface area contributed by atoms with Gasteiger partial charge in [-0.1, -0.05) is 30.3 Å². The minimum Gasteiger partial charge on any atom is -0.465 e. The van der Waals surface area contributed by atoms with Crippen LogP contribution < -0.4 is 10.6 Å². The summed E-state index contributed by atoms with van der Waals surface area (Å²) >= 11 is 0. The molecule has 0 unspecified atom stereocenters. The zero-order valence-electron chi connectivity index (χ0n) is 11.8. The highest BCUT2D eigenvalue weighted by molar-refractivity contribution is 5.84. The third kappa shape index (κ3) is 3.73. The van der Waals surface area contributed by atoms with E-state index in [2.05, 4.69) is 10.9 Å². The number of terminal acetylenes is 1. The number of carbonyl (C=O) groups is 1. The summed E-state index contributed by atoms with van der Waals surface area (Å²) in [5.41, 5.74) is 0.287. The van der Waals surface area contributed by atoms with Gasteiger partial charge in [0.05, 0.1) is 6.54 Å². The van der Waals surface area contributed by atoms with Crippen molar-refractivity contribution in [1.29, 1.82) is 0 Å². The van der Waals surface area contributed by atoms with Gasteiger partial charge in [-0.2, -0.15) is 4.98 Å². The summed E-state index contributed by atoms with van der Waals surface area (Å²) in [6.07, 6.45) is 5.90. The van der Waals surface area contributed by atoms with Gasteiger partial charge >= 0.3 is 11.8 Å². The molecule has 6 nitrogen and oxygen atoms in total. The van der Waals surface area contributed by atoms with Gasteiger partial charge in [-0.15, -0.1) is 12.3 Å². The molecule has 0 aliphatic rings. The van der Waals surface area contributed by atoms with Gasteiger partial charge < -0.3 is 5.11 Å². The Morgan fingerprint density at radius 3 is 2.64 bits per heavy atom. The van der Waals surface area contributed by atoms with Crippen LogP contribution in [0.3, 0.4) is 0 Å². The first kappa shape index (κ1) is 15.3. The molecule has 0 atom stereocenters. The van der Waals surface area contributed by atoms with Gasteiger partial charge in [0.25, 0.3) is 0 Å². The molecule has 6 heteroatoms. The van der Waals surface area contributed by atoms with Crippen LogP contribution in [-0.4, -0.2) is 20.8 Å². The van der Waals surface area contributed by atoms with Gasteiger partial charge in [-0.3, -0.25) is 9.47 Å². The van der Waals surface area contributed by atoms with Crippen molar-refractivity contribution in [1.82, 2.24) is 9.55 Å². The highest BCUT2D eigenvalue weighted by Gasteiger charge is 2.17. The van der Waals surface area contributed by atoms with Gasteiger partial charge in [-0.05, 0) is 11.6 Å². The Labute approximate surface area is 127 Å². The average Bonchev–Trinajstić information content (AvgIpc) is 2.52. The van der Waals surface area contributed by atoms with Crippen LogP contribution in [0.1, 0.15) is 12.0 Å². The molecule has 2 aromatic rings. The largest absolute Gasteiger partial charge is 0.465 e. The number of aromatic nitrogens is 2. The van der Waals surface area contributed by atoms with Crippen molar-refractivity contribution in [2.45, 2.75) is 19.5 Å². The Balaban J connectivity index is 2.26. The fourth-order valence-electron chi connectivity index (χ4n) is 1.94. The van der Waals surface area contributed by atoms with E-state index in [0.29, 0.717) is 13.0 Å². The van der Waals surface area contributed by atoms with E-state index in [9.17, 15) is 14.7 Å². The number of aryl methyl sites for hydroxylation is 1. The zero-order valence-corrected chi connectivity index (χ0v) is 11.8. The molecule has 22 heavy (non-hydrogen) atoms. The molecule has 0 radical (unpaired) electrons. The molecule has 0 bridgehead atoms. The van der Waals surface area contributed by atoms with Crippen molar-refractivity contribution in [2.24, 2.45) is 0 Å². The lowest BCUT2D eigenvalue weighted by Gasteiger charge is -2.18. The van der Waals surface area contributed by atoms with Crippen LogP contribution in [0.15, 0.2) is 47.4 Å². The monoisotopic (exact) mass is 297 g/mol. The van der Waals surface area contributed by atoms with Crippen LogP contribution in [0, 0.1) is 12.3 Å². The lowest BCUT2D eigenvalue weighted by atomic mass is 10.2. The van der Waals surface area contributed by atoms with E-state index < -0.39 is 11.8 Å². The maximum absolute atomic E-state index is 11.9. The van der Waals surface area contributed by atoms with Crippen molar-refractivity contribution in [3.63, 3.8) is 0 Å². The topological polar surface area (TPSA) is 75.4 Å². The highest BCUT2D eigenvalue weighted by atomic mass is 16.4. The van der Waals surface area contributed by atoms with Crippen LogP contribution >= 0.6 is 0 Å². The third-order valence-corrected chi connectivity index (χ3v) is 3.05. The molecule has 0 saturated heterocycles. The second kappa shape index (κ2) is 7.09. The molecule has 1 heterocycles. The van der Waals surface area contributed by atoms with E-state index in [1.807, 2.05) is 30.3 Å². The Bertz CT molecular complexity index is 747. The summed E-state index contributed by atoms with van der Waals surface area (Å²) in [7, 11) is 0. The molecule has 0 aliphatic heterocycles. The van der Waals surface area contributed by atoms with E-state index in [-0.39, 0.29) is 12.4 Å². The Morgan fingerprint density at radius 2 is 2.05 bits per heavy atom. The second-order valence-corrected chi connectivity index (χ2v) is 4.57. The lowest BCUT2D eigenvalue weighted by molar-refractivity contribution is 0.201. The number of rotatable bonds is 5. The van der Waals surface area contributed by atoms with Gasteiger partial charge in [0, 0.05) is 19.2 Å².